The van der Waals surface area contributed by atoms with E-state index in [4.69, 9.17) is 0 Å². The maximum Gasteiger partial charge on any atom is 0.241 e. The second-order valence-corrected chi connectivity index (χ2v) is 7.05. The van der Waals surface area contributed by atoms with Crippen molar-refractivity contribution in [2.75, 3.05) is 18.6 Å². The Morgan fingerprint density at radius 1 is 1.29 bits per heavy atom. The molecule has 2 rings (SSSR count). The Morgan fingerprint density at radius 3 is 2.62 bits per heavy atom. The van der Waals surface area contributed by atoms with Crippen LogP contribution in [0.4, 0.5) is 0 Å². The van der Waals surface area contributed by atoms with E-state index in [1.807, 2.05) is 23.1 Å². The Bertz CT molecular complexity index is 492. The first-order valence-corrected chi connectivity index (χ1v) is 9.25. The minimum absolute atomic E-state index is 0.108. The SMILES string of the molecule is CCC1NC(Cc2ccccc2)C(=O)N1CCCS(C)=O. The number of hydrogen-bond donors (Lipinski definition) is 1. The molecule has 0 radical (unpaired) electrons. The second kappa shape index (κ2) is 7.71. The van der Waals surface area contributed by atoms with E-state index in [1.165, 1.54) is 5.56 Å². The van der Waals surface area contributed by atoms with Crippen LogP contribution in [0.3, 0.4) is 0 Å². The van der Waals surface area contributed by atoms with Crippen molar-refractivity contribution in [3.05, 3.63) is 35.9 Å². The molecule has 1 N–H and O–H groups in total. The molecule has 0 aromatic heterocycles. The fourth-order valence-electron chi connectivity index (χ4n) is 2.79. The van der Waals surface area contributed by atoms with E-state index in [9.17, 15) is 9.00 Å². The quantitative estimate of drug-likeness (QED) is 0.831. The number of carbonyl (C=O) groups is 1. The van der Waals surface area contributed by atoms with Crippen molar-refractivity contribution in [2.24, 2.45) is 0 Å². The van der Waals surface area contributed by atoms with Crippen molar-refractivity contribution in [1.29, 1.82) is 0 Å². The Hall–Kier alpha value is -1.20. The molecule has 1 aromatic rings. The first kappa shape index (κ1) is 16.2. The number of rotatable bonds is 7. The van der Waals surface area contributed by atoms with Crippen LogP contribution in [0.5, 0.6) is 0 Å². The largest absolute Gasteiger partial charge is 0.326 e. The summed E-state index contributed by atoms with van der Waals surface area (Å²) in [7, 11) is -0.789. The van der Waals surface area contributed by atoms with Crippen LogP contribution in [0.2, 0.25) is 0 Å². The highest BCUT2D eigenvalue weighted by Crippen LogP contribution is 2.17. The van der Waals surface area contributed by atoms with E-state index in [2.05, 4.69) is 24.4 Å². The summed E-state index contributed by atoms with van der Waals surface area (Å²) in [6.07, 6.45) is 4.24. The molecule has 0 aliphatic carbocycles. The lowest BCUT2D eigenvalue weighted by Gasteiger charge is -2.22. The van der Waals surface area contributed by atoms with E-state index in [0.717, 1.165) is 19.3 Å². The Morgan fingerprint density at radius 2 is 2.00 bits per heavy atom. The average molecular weight is 308 g/mol. The molecule has 1 aromatic carbocycles. The first-order valence-electron chi connectivity index (χ1n) is 7.52. The van der Waals surface area contributed by atoms with Gasteiger partial charge in [0.15, 0.2) is 0 Å². The number of hydrogen-bond acceptors (Lipinski definition) is 3. The van der Waals surface area contributed by atoms with Gasteiger partial charge in [-0.1, -0.05) is 37.3 Å². The Labute approximate surface area is 129 Å². The summed E-state index contributed by atoms with van der Waals surface area (Å²) >= 11 is 0. The van der Waals surface area contributed by atoms with Crippen molar-refractivity contribution >= 4 is 16.7 Å². The summed E-state index contributed by atoms with van der Waals surface area (Å²) < 4.78 is 11.1. The third kappa shape index (κ3) is 4.38. The molecule has 1 aliphatic heterocycles. The van der Waals surface area contributed by atoms with Crippen molar-refractivity contribution in [3.8, 4) is 0 Å². The molecule has 5 heteroatoms. The molecule has 1 saturated heterocycles. The van der Waals surface area contributed by atoms with E-state index in [-0.39, 0.29) is 18.1 Å². The molecule has 1 fully saturated rings. The lowest BCUT2D eigenvalue weighted by atomic mass is 10.1. The van der Waals surface area contributed by atoms with Gasteiger partial charge in [0.1, 0.15) is 0 Å². The van der Waals surface area contributed by atoms with Gasteiger partial charge in [0.05, 0.1) is 12.2 Å². The number of carbonyl (C=O) groups excluding carboxylic acids is 1. The topological polar surface area (TPSA) is 49.4 Å². The van der Waals surface area contributed by atoms with Gasteiger partial charge in [0.25, 0.3) is 0 Å². The Kier molecular flexibility index (Phi) is 5.94. The molecule has 3 unspecified atom stereocenters. The highest BCUT2D eigenvalue weighted by Gasteiger charge is 2.37. The molecule has 0 saturated carbocycles. The fraction of sp³-hybridized carbons (Fsp3) is 0.562. The van der Waals surface area contributed by atoms with Crippen LogP contribution in [0, 0.1) is 0 Å². The predicted molar refractivity (Wildman–Crippen MR) is 86.4 cm³/mol. The normalized spacial score (nSPS) is 23.5. The summed E-state index contributed by atoms with van der Waals surface area (Å²) in [6.45, 7) is 2.77. The zero-order chi connectivity index (χ0) is 15.2. The van der Waals surface area contributed by atoms with Crippen molar-refractivity contribution in [2.45, 2.75) is 38.4 Å². The number of benzene rings is 1. The van der Waals surface area contributed by atoms with E-state index in [1.54, 1.807) is 6.26 Å². The zero-order valence-electron chi connectivity index (χ0n) is 12.7. The molecule has 3 atom stereocenters. The molecule has 116 valence electrons. The van der Waals surface area contributed by atoms with Crippen LogP contribution in [0.25, 0.3) is 0 Å². The van der Waals surface area contributed by atoms with Crippen molar-refractivity contribution < 1.29 is 9.00 Å². The summed E-state index contributed by atoms with van der Waals surface area (Å²) in [5.41, 5.74) is 1.18. The third-order valence-corrected chi connectivity index (χ3v) is 4.71. The van der Waals surface area contributed by atoms with Gasteiger partial charge in [-0.15, -0.1) is 0 Å². The minimum atomic E-state index is -0.789. The Balaban J connectivity index is 1.96. The van der Waals surface area contributed by atoms with E-state index in [0.29, 0.717) is 12.3 Å². The smallest absolute Gasteiger partial charge is 0.241 e. The van der Waals surface area contributed by atoms with Gasteiger partial charge in [-0.2, -0.15) is 0 Å². The van der Waals surface area contributed by atoms with Gasteiger partial charge in [0.2, 0.25) is 5.91 Å². The molecule has 1 aliphatic rings. The number of nitrogens with one attached hydrogen (secondary N) is 1. The summed E-state index contributed by atoms with van der Waals surface area (Å²) in [4.78, 5) is 14.5. The maximum atomic E-state index is 12.5. The fourth-order valence-corrected chi connectivity index (χ4v) is 3.32. The van der Waals surface area contributed by atoms with Gasteiger partial charge >= 0.3 is 0 Å². The minimum Gasteiger partial charge on any atom is -0.326 e. The third-order valence-electron chi connectivity index (χ3n) is 3.85. The van der Waals surface area contributed by atoms with Crippen molar-refractivity contribution in [1.82, 2.24) is 10.2 Å². The van der Waals surface area contributed by atoms with Crippen molar-refractivity contribution in [3.63, 3.8) is 0 Å². The molecule has 0 bridgehead atoms. The van der Waals surface area contributed by atoms with Crippen LogP contribution >= 0.6 is 0 Å². The molecular weight excluding hydrogens is 284 g/mol. The van der Waals surface area contributed by atoms with Gasteiger partial charge in [-0.05, 0) is 24.8 Å². The monoisotopic (exact) mass is 308 g/mol. The maximum absolute atomic E-state index is 12.5. The van der Waals surface area contributed by atoms with Gasteiger partial charge in [-0.3, -0.25) is 14.3 Å². The van der Waals surface area contributed by atoms with Gasteiger partial charge < -0.3 is 4.90 Å². The first-order chi connectivity index (χ1) is 10.1. The summed E-state index contributed by atoms with van der Waals surface area (Å²) in [5.74, 6) is 0.830. The van der Waals surface area contributed by atoms with Crippen LogP contribution in [-0.4, -0.2) is 45.8 Å². The zero-order valence-corrected chi connectivity index (χ0v) is 13.6. The molecule has 1 amide bonds. The number of nitrogens with zero attached hydrogens (tertiary/aromatic N) is 1. The van der Waals surface area contributed by atoms with Gasteiger partial charge in [0, 0.05) is 29.4 Å². The lowest BCUT2D eigenvalue weighted by molar-refractivity contribution is -0.130. The van der Waals surface area contributed by atoms with Crippen LogP contribution in [0.15, 0.2) is 30.3 Å². The highest BCUT2D eigenvalue weighted by molar-refractivity contribution is 7.84. The van der Waals surface area contributed by atoms with Crippen LogP contribution in [-0.2, 0) is 22.0 Å². The number of amides is 1. The standard InChI is InChI=1S/C16H24N2O2S/c1-3-15-17-14(12-13-8-5-4-6-9-13)16(19)18(15)10-7-11-21(2)20/h4-6,8-9,14-15,17H,3,7,10-12H2,1-2H3. The average Bonchev–Trinajstić information content (AvgIpc) is 2.76. The summed E-state index contributed by atoms with van der Waals surface area (Å²) in [5, 5.41) is 3.43. The molecular formula is C16H24N2O2S. The molecule has 1 heterocycles. The molecule has 4 nitrogen and oxygen atoms in total. The predicted octanol–water partition coefficient (Wildman–Crippen LogP) is 1.53. The van der Waals surface area contributed by atoms with E-state index < -0.39 is 10.8 Å². The molecule has 0 spiro atoms. The van der Waals surface area contributed by atoms with Crippen LogP contribution < -0.4 is 5.32 Å². The second-order valence-electron chi connectivity index (χ2n) is 5.50. The lowest BCUT2D eigenvalue weighted by Crippen LogP contribution is -2.37. The van der Waals surface area contributed by atoms with Crippen LogP contribution in [0.1, 0.15) is 25.3 Å². The highest BCUT2D eigenvalue weighted by atomic mass is 32.2. The molecule has 21 heavy (non-hydrogen) atoms. The van der Waals surface area contributed by atoms with Gasteiger partial charge in [-0.25, -0.2) is 0 Å². The van der Waals surface area contributed by atoms with E-state index >= 15 is 0 Å². The summed E-state index contributed by atoms with van der Waals surface area (Å²) in [6, 6.07) is 9.96.